The molecule has 0 atom stereocenters. The smallest absolute Gasteiger partial charge is 0.319 e. The van der Waals surface area contributed by atoms with Gasteiger partial charge in [-0.1, -0.05) is 0 Å². The second-order valence-corrected chi connectivity index (χ2v) is 6.09. The molecule has 0 saturated heterocycles. The second-order valence-electron chi connectivity index (χ2n) is 3.57. The van der Waals surface area contributed by atoms with Crippen LogP contribution in [0.1, 0.15) is 19.5 Å². The van der Waals surface area contributed by atoms with E-state index >= 15 is 0 Å². The Balaban J connectivity index is 2.57. The Hall–Kier alpha value is -0.550. The topological polar surface area (TPSA) is 50.2 Å². The van der Waals surface area contributed by atoms with Crippen molar-refractivity contribution in [3.63, 3.8) is 0 Å². The molecule has 0 radical (unpaired) electrons. The number of hydrogen-bond donors (Lipinski definition) is 1. The number of hydrogen-bond acceptors (Lipinski definition) is 3. The largest absolute Gasteiger partial charge is 0.480 e. The summed E-state index contributed by atoms with van der Waals surface area (Å²) in [6, 6.07) is 3.78. The van der Waals surface area contributed by atoms with Crippen molar-refractivity contribution in [3.8, 4) is 0 Å². The standard InChI is InChI=1S/C10H12BrNO2S/c1-10(2,9(13)14)15-6-8-4-3-7(11)5-12-8/h3-5H,6H2,1-2H3,(H,13,14). The van der Waals surface area contributed by atoms with E-state index in [2.05, 4.69) is 20.9 Å². The third kappa shape index (κ3) is 3.83. The molecule has 15 heavy (non-hydrogen) atoms. The number of nitrogens with zero attached hydrogens (tertiary/aromatic N) is 1. The lowest BCUT2D eigenvalue weighted by molar-refractivity contribution is -0.138. The van der Waals surface area contributed by atoms with Crippen molar-refractivity contribution in [1.29, 1.82) is 0 Å². The van der Waals surface area contributed by atoms with Gasteiger partial charge in [0.2, 0.25) is 0 Å². The summed E-state index contributed by atoms with van der Waals surface area (Å²) in [6.07, 6.45) is 1.71. The highest BCUT2D eigenvalue weighted by Gasteiger charge is 2.27. The molecule has 0 bridgehead atoms. The maximum atomic E-state index is 10.8. The summed E-state index contributed by atoms with van der Waals surface area (Å²) < 4.78 is 0.156. The molecule has 0 aliphatic heterocycles. The number of carboxylic acids is 1. The SMILES string of the molecule is CC(C)(SCc1ccc(Br)cn1)C(=O)O. The maximum absolute atomic E-state index is 10.8. The van der Waals surface area contributed by atoms with E-state index in [-0.39, 0.29) is 0 Å². The number of aliphatic carboxylic acids is 1. The van der Waals surface area contributed by atoms with Crippen molar-refractivity contribution >= 4 is 33.7 Å². The van der Waals surface area contributed by atoms with E-state index in [1.54, 1.807) is 20.0 Å². The van der Waals surface area contributed by atoms with Crippen LogP contribution in [0.3, 0.4) is 0 Å². The first-order valence-corrected chi connectivity index (χ1v) is 6.17. The van der Waals surface area contributed by atoms with Crippen LogP contribution < -0.4 is 0 Å². The van der Waals surface area contributed by atoms with Gasteiger partial charge in [0.25, 0.3) is 0 Å². The zero-order chi connectivity index (χ0) is 11.5. The first-order valence-electron chi connectivity index (χ1n) is 4.39. The van der Waals surface area contributed by atoms with Gasteiger partial charge in [-0.05, 0) is 41.9 Å². The molecule has 0 spiro atoms. The molecule has 1 rings (SSSR count). The third-order valence-electron chi connectivity index (χ3n) is 1.88. The third-order valence-corrected chi connectivity index (χ3v) is 3.69. The summed E-state index contributed by atoms with van der Waals surface area (Å²) in [6.45, 7) is 3.39. The van der Waals surface area contributed by atoms with Crippen LogP contribution in [-0.2, 0) is 10.5 Å². The van der Waals surface area contributed by atoms with Gasteiger partial charge < -0.3 is 5.11 Å². The molecule has 0 aliphatic carbocycles. The number of aromatic nitrogens is 1. The Kier molecular flexibility index (Phi) is 4.16. The van der Waals surface area contributed by atoms with Crippen molar-refractivity contribution in [2.75, 3.05) is 0 Å². The monoisotopic (exact) mass is 289 g/mol. The number of carbonyl (C=O) groups is 1. The van der Waals surface area contributed by atoms with E-state index in [0.717, 1.165) is 10.2 Å². The quantitative estimate of drug-likeness (QED) is 0.926. The molecular weight excluding hydrogens is 278 g/mol. The van der Waals surface area contributed by atoms with Crippen molar-refractivity contribution in [3.05, 3.63) is 28.5 Å². The van der Waals surface area contributed by atoms with Crippen LogP contribution in [-0.4, -0.2) is 20.8 Å². The normalized spacial score (nSPS) is 11.4. The number of thioether (sulfide) groups is 1. The Bertz CT molecular complexity index is 351. The molecule has 1 heterocycles. The van der Waals surface area contributed by atoms with Crippen LogP contribution in [0, 0.1) is 0 Å². The molecule has 82 valence electrons. The summed E-state index contributed by atoms with van der Waals surface area (Å²) in [5.74, 6) is -0.198. The van der Waals surface area contributed by atoms with Gasteiger partial charge in [-0.3, -0.25) is 9.78 Å². The highest BCUT2D eigenvalue weighted by molar-refractivity contribution is 9.10. The molecule has 1 aromatic rings. The van der Waals surface area contributed by atoms with Crippen LogP contribution >= 0.6 is 27.7 Å². The molecule has 0 saturated carbocycles. The van der Waals surface area contributed by atoms with E-state index in [1.807, 2.05) is 12.1 Å². The fraction of sp³-hybridized carbons (Fsp3) is 0.400. The van der Waals surface area contributed by atoms with Crippen LogP contribution in [0.4, 0.5) is 0 Å². The van der Waals surface area contributed by atoms with Crippen molar-refractivity contribution in [1.82, 2.24) is 4.98 Å². The number of carboxylic acid groups (broad SMARTS) is 1. The summed E-state index contributed by atoms with van der Waals surface area (Å²) >= 11 is 4.66. The molecule has 0 fully saturated rings. The van der Waals surface area contributed by atoms with Gasteiger partial charge in [-0.2, -0.15) is 0 Å². The van der Waals surface area contributed by atoms with E-state index < -0.39 is 10.7 Å². The Morgan fingerprint density at radius 2 is 2.27 bits per heavy atom. The highest BCUT2D eigenvalue weighted by Crippen LogP contribution is 2.27. The van der Waals surface area contributed by atoms with Gasteiger partial charge in [-0.15, -0.1) is 11.8 Å². The van der Waals surface area contributed by atoms with E-state index in [0.29, 0.717) is 5.75 Å². The molecule has 0 amide bonds. The van der Waals surface area contributed by atoms with Crippen LogP contribution in [0.2, 0.25) is 0 Å². The van der Waals surface area contributed by atoms with Crippen molar-refractivity contribution in [2.24, 2.45) is 0 Å². The molecule has 0 aliphatic rings. The Labute approximate surface area is 101 Å². The highest BCUT2D eigenvalue weighted by atomic mass is 79.9. The van der Waals surface area contributed by atoms with Crippen LogP contribution in [0.25, 0.3) is 0 Å². The van der Waals surface area contributed by atoms with E-state index in [1.165, 1.54) is 11.8 Å². The zero-order valence-corrected chi connectivity index (χ0v) is 10.9. The predicted molar refractivity (Wildman–Crippen MR) is 64.9 cm³/mol. The molecule has 5 heteroatoms. The lowest BCUT2D eigenvalue weighted by Gasteiger charge is -2.17. The predicted octanol–water partition coefficient (Wildman–Crippen LogP) is 2.94. The van der Waals surface area contributed by atoms with Gasteiger partial charge in [0.1, 0.15) is 4.75 Å². The summed E-state index contributed by atoms with van der Waals surface area (Å²) in [7, 11) is 0. The number of halogens is 1. The Morgan fingerprint density at radius 1 is 1.60 bits per heavy atom. The number of rotatable bonds is 4. The first kappa shape index (κ1) is 12.5. The van der Waals surface area contributed by atoms with E-state index in [9.17, 15) is 4.79 Å². The van der Waals surface area contributed by atoms with Crippen LogP contribution in [0.15, 0.2) is 22.8 Å². The second kappa shape index (κ2) is 4.99. The summed E-state index contributed by atoms with van der Waals surface area (Å²) in [5.41, 5.74) is 0.887. The van der Waals surface area contributed by atoms with E-state index in [4.69, 9.17) is 5.11 Å². The summed E-state index contributed by atoms with van der Waals surface area (Å²) in [4.78, 5) is 15.0. The average molecular weight is 290 g/mol. The van der Waals surface area contributed by atoms with Gasteiger partial charge in [-0.25, -0.2) is 0 Å². The van der Waals surface area contributed by atoms with Gasteiger partial charge in [0, 0.05) is 16.4 Å². The molecule has 0 aromatic carbocycles. The van der Waals surface area contributed by atoms with Gasteiger partial charge in [0.05, 0.1) is 5.69 Å². The fourth-order valence-corrected chi connectivity index (χ4v) is 1.85. The number of pyridine rings is 1. The minimum Gasteiger partial charge on any atom is -0.480 e. The van der Waals surface area contributed by atoms with Crippen molar-refractivity contribution < 1.29 is 9.90 Å². The molecule has 3 nitrogen and oxygen atoms in total. The van der Waals surface area contributed by atoms with Gasteiger partial charge in [0.15, 0.2) is 0 Å². The lowest BCUT2D eigenvalue weighted by atomic mass is 10.2. The van der Waals surface area contributed by atoms with Gasteiger partial charge >= 0.3 is 5.97 Å². The molecule has 1 N–H and O–H groups in total. The zero-order valence-electron chi connectivity index (χ0n) is 8.53. The maximum Gasteiger partial charge on any atom is 0.319 e. The lowest BCUT2D eigenvalue weighted by Crippen LogP contribution is -2.27. The first-order chi connectivity index (χ1) is 6.92. The molecule has 1 aromatic heterocycles. The molecular formula is C10H12BrNO2S. The fourth-order valence-electron chi connectivity index (χ4n) is 0.808. The minimum absolute atomic E-state index is 0.604. The minimum atomic E-state index is -0.801. The summed E-state index contributed by atoms with van der Waals surface area (Å²) in [5, 5.41) is 8.91. The van der Waals surface area contributed by atoms with Crippen molar-refractivity contribution in [2.45, 2.75) is 24.3 Å². The average Bonchev–Trinajstić information content (AvgIpc) is 2.17. The molecule has 0 unspecified atom stereocenters. The van der Waals surface area contributed by atoms with Crippen LogP contribution in [0.5, 0.6) is 0 Å². The Morgan fingerprint density at radius 3 is 2.73 bits per heavy atom.